The van der Waals surface area contributed by atoms with E-state index in [1.54, 1.807) is 0 Å². The lowest BCUT2D eigenvalue weighted by Crippen LogP contribution is -2.31. The van der Waals surface area contributed by atoms with Gasteiger partial charge in [-0.05, 0) is 56.1 Å². The van der Waals surface area contributed by atoms with Crippen LogP contribution in [0.1, 0.15) is 50.7 Å². The Morgan fingerprint density at radius 1 is 1.17 bits per heavy atom. The van der Waals surface area contributed by atoms with Crippen LogP contribution in [0.4, 0.5) is 0 Å². The molecule has 0 radical (unpaired) electrons. The minimum atomic E-state index is -1.70. The third-order valence-electron chi connectivity index (χ3n) is 4.68. The van der Waals surface area contributed by atoms with E-state index in [1.165, 1.54) is 32.1 Å². The Labute approximate surface area is 148 Å². The predicted octanol–water partition coefficient (Wildman–Crippen LogP) is 5.17. The van der Waals surface area contributed by atoms with E-state index in [4.69, 9.17) is 9.16 Å². The fraction of sp³-hybridized carbons (Fsp3) is 0.700. The lowest BCUT2D eigenvalue weighted by atomic mass is 9.90. The minimum absolute atomic E-state index is 0.0695. The number of benzene rings is 1. The van der Waals surface area contributed by atoms with E-state index in [2.05, 4.69) is 31.8 Å². The van der Waals surface area contributed by atoms with Crippen LogP contribution in [0, 0.1) is 11.8 Å². The summed E-state index contributed by atoms with van der Waals surface area (Å²) in [6.45, 7) is 9.55. The molecule has 1 N–H and O–H groups in total. The van der Waals surface area contributed by atoms with E-state index in [9.17, 15) is 5.11 Å². The molecule has 0 amide bonds. The Balaban J connectivity index is 2.05. The molecule has 0 aliphatic heterocycles. The van der Waals surface area contributed by atoms with Crippen molar-refractivity contribution < 1.29 is 14.3 Å². The molecule has 0 bridgehead atoms. The van der Waals surface area contributed by atoms with Crippen LogP contribution in [0.2, 0.25) is 19.6 Å². The number of aliphatic hydroxyl groups is 1. The van der Waals surface area contributed by atoms with E-state index in [0.717, 1.165) is 17.9 Å². The molecule has 0 spiro atoms. The number of rotatable bonds is 8. The SMILES string of the molecule is C[C@H](CO)[C@@H](O[Si](C)(C)C)c1cccc(OCC2CCCCC2)c1. The van der Waals surface area contributed by atoms with Gasteiger partial charge in [-0.2, -0.15) is 0 Å². The summed E-state index contributed by atoms with van der Waals surface area (Å²) in [5, 5.41) is 9.61. The number of aliphatic hydroxyl groups excluding tert-OH is 1. The standard InChI is InChI=1S/C20H34O3Si/c1-16(14-21)20(23-24(2,3)4)18-11-8-12-19(13-18)22-15-17-9-6-5-7-10-17/h8,11-13,16-17,20-21H,5-7,9-10,14-15H2,1-4H3/t16-,20-/m1/s1. The first-order chi connectivity index (χ1) is 11.4. The van der Waals surface area contributed by atoms with Crippen molar-refractivity contribution >= 4 is 8.32 Å². The third kappa shape index (κ3) is 6.23. The second kappa shape index (κ2) is 9.02. The van der Waals surface area contributed by atoms with Gasteiger partial charge in [0.05, 0.1) is 12.7 Å². The van der Waals surface area contributed by atoms with Crippen molar-refractivity contribution in [3.05, 3.63) is 29.8 Å². The highest BCUT2D eigenvalue weighted by Crippen LogP contribution is 2.32. The van der Waals surface area contributed by atoms with Crippen LogP contribution in [0.15, 0.2) is 24.3 Å². The maximum absolute atomic E-state index is 9.61. The van der Waals surface area contributed by atoms with E-state index < -0.39 is 8.32 Å². The molecule has 3 nitrogen and oxygen atoms in total. The van der Waals surface area contributed by atoms with E-state index in [0.29, 0.717) is 5.92 Å². The van der Waals surface area contributed by atoms with Gasteiger partial charge in [0, 0.05) is 12.5 Å². The Bertz CT molecular complexity index is 492. The summed E-state index contributed by atoms with van der Waals surface area (Å²) in [4.78, 5) is 0. The van der Waals surface area contributed by atoms with Crippen molar-refractivity contribution in [2.24, 2.45) is 11.8 Å². The Morgan fingerprint density at radius 3 is 2.50 bits per heavy atom. The molecule has 1 aliphatic carbocycles. The molecule has 0 saturated heterocycles. The van der Waals surface area contributed by atoms with Gasteiger partial charge in [0.25, 0.3) is 0 Å². The number of hydrogen-bond acceptors (Lipinski definition) is 3. The summed E-state index contributed by atoms with van der Waals surface area (Å²) in [6, 6.07) is 8.25. The average molecular weight is 351 g/mol. The van der Waals surface area contributed by atoms with Crippen molar-refractivity contribution in [2.75, 3.05) is 13.2 Å². The maximum atomic E-state index is 9.61. The highest BCUT2D eigenvalue weighted by atomic mass is 28.4. The fourth-order valence-electron chi connectivity index (χ4n) is 3.34. The van der Waals surface area contributed by atoms with Crippen LogP contribution >= 0.6 is 0 Å². The van der Waals surface area contributed by atoms with Gasteiger partial charge < -0.3 is 14.3 Å². The van der Waals surface area contributed by atoms with Crippen molar-refractivity contribution in [3.63, 3.8) is 0 Å². The Kier molecular flexibility index (Phi) is 7.32. The zero-order valence-electron chi connectivity index (χ0n) is 15.8. The topological polar surface area (TPSA) is 38.7 Å². The first kappa shape index (κ1) is 19.5. The van der Waals surface area contributed by atoms with Crippen molar-refractivity contribution in [1.29, 1.82) is 0 Å². The molecule has 0 heterocycles. The van der Waals surface area contributed by atoms with Crippen LogP contribution < -0.4 is 4.74 Å². The second-order valence-electron chi connectivity index (χ2n) is 8.20. The predicted molar refractivity (Wildman–Crippen MR) is 102 cm³/mol. The van der Waals surface area contributed by atoms with Crippen molar-refractivity contribution in [2.45, 2.75) is 64.8 Å². The van der Waals surface area contributed by atoms with E-state index in [1.807, 2.05) is 19.1 Å². The molecule has 1 saturated carbocycles. The van der Waals surface area contributed by atoms with Gasteiger partial charge in [-0.3, -0.25) is 0 Å². The van der Waals surface area contributed by atoms with Gasteiger partial charge in [0.1, 0.15) is 5.75 Å². The van der Waals surface area contributed by atoms with Gasteiger partial charge in [0.15, 0.2) is 8.32 Å². The summed E-state index contributed by atoms with van der Waals surface area (Å²) in [5.41, 5.74) is 1.11. The maximum Gasteiger partial charge on any atom is 0.184 e. The van der Waals surface area contributed by atoms with Crippen LogP contribution in [0.25, 0.3) is 0 Å². The van der Waals surface area contributed by atoms with Crippen molar-refractivity contribution in [1.82, 2.24) is 0 Å². The molecule has 4 heteroatoms. The van der Waals surface area contributed by atoms with Crippen LogP contribution in [-0.4, -0.2) is 26.6 Å². The van der Waals surface area contributed by atoms with E-state index in [-0.39, 0.29) is 18.6 Å². The molecule has 24 heavy (non-hydrogen) atoms. The molecular formula is C20H34O3Si. The molecule has 1 aliphatic rings. The molecule has 1 aromatic rings. The molecule has 0 aromatic heterocycles. The average Bonchev–Trinajstić information content (AvgIpc) is 2.57. The molecule has 1 aromatic carbocycles. The lowest BCUT2D eigenvalue weighted by Gasteiger charge is -2.30. The number of ether oxygens (including phenoxy) is 1. The van der Waals surface area contributed by atoms with Crippen LogP contribution in [-0.2, 0) is 4.43 Å². The molecule has 0 unspecified atom stereocenters. The molecule has 2 atom stereocenters. The summed E-state index contributed by atoms with van der Waals surface area (Å²) in [5.74, 6) is 1.70. The first-order valence-electron chi connectivity index (χ1n) is 9.40. The molecule has 2 rings (SSSR count). The first-order valence-corrected chi connectivity index (χ1v) is 12.8. The van der Waals surface area contributed by atoms with Crippen LogP contribution in [0.3, 0.4) is 0 Å². The zero-order valence-corrected chi connectivity index (χ0v) is 16.8. The molecular weight excluding hydrogens is 316 g/mol. The summed E-state index contributed by atoms with van der Waals surface area (Å²) < 4.78 is 12.4. The summed E-state index contributed by atoms with van der Waals surface area (Å²) >= 11 is 0. The zero-order chi connectivity index (χ0) is 17.6. The van der Waals surface area contributed by atoms with Gasteiger partial charge in [-0.1, -0.05) is 38.3 Å². The summed E-state index contributed by atoms with van der Waals surface area (Å²) in [6.07, 6.45) is 6.58. The lowest BCUT2D eigenvalue weighted by molar-refractivity contribution is 0.0909. The highest BCUT2D eigenvalue weighted by Gasteiger charge is 2.27. The van der Waals surface area contributed by atoms with Gasteiger partial charge in [0.2, 0.25) is 0 Å². The third-order valence-corrected chi connectivity index (χ3v) is 5.64. The molecule has 1 fully saturated rings. The minimum Gasteiger partial charge on any atom is -0.493 e. The smallest absolute Gasteiger partial charge is 0.184 e. The monoisotopic (exact) mass is 350 g/mol. The van der Waals surface area contributed by atoms with Crippen LogP contribution in [0.5, 0.6) is 5.75 Å². The summed E-state index contributed by atoms with van der Waals surface area (Å²) in [7, 11) is -1.70. The van der Waals surface area contributed by atoms with E-state index >= 15 is 0 Å². The van der Waals surface area contributed by atoms with Gasteiger partial charge >= 0.3 is 0 Å². The highest BCUT2D eigenvalue weighted by molar-refractivity contribution is 6.69. The normalized spacial score (nSPS) is 19.0. The van der Waals surface area contributed by atoms with Gasteiger partial charge in [-0.15, -0.1) is 0 Å². The van der Waals surface area contributed by atoms with Crippen molar-refractivity contribution in [3.8, 4) is 5.75 Å². The largest absolute Gasteiger partial charge is 0.493 e. The second-order valence-corrected chi connectivity index (χ2v) is 12.7. The fourth-order valence-corrected chi connectivity index (χ4v) is 4.47. The van der Waals surface area contributed by atoms with Gasteiger partial charge in [-0.25, -0.2) is 0 Å². The Hall–Kier alpha value is -0.843. The Morgan fingerprint density at radius 2 is 1.88 bits per heavy atom. The number of hydrogen-bond donors (Lipinski definition) is 1. The molecule has 136 valence electrons. The quantitative estimate of drug-likeness (QED) is 0.658.